The molecule has 1 aliphatic rings. The molecule has 0 aliphatic carbocycles. The lowest BCUT2D eigenvalue weighted by molar-refractivity contribution is 0.0259. The second-order valence-corrected chi connectivity index (χ2v) is 4.73. The summed E-state index contributed by atoms with van der Waals surface area (Å²) in [4.78, 5) is 10.2. The van der Waals surface area contributed by atoms with E-state index >= 15 is 0 Å². The molecule has 0 saturated heterocycles. The molecule has 2 atom stereocenters. The Morgan fingerprint density at radius 2 is 2.11 bits per heavy atom. The number of fused-ring (bicyclic) bond motifs is 1. The molecule has 0 amide bonds. The molecule has 2 unspecified atom stereocenters. The quantitative estimate of drug-likeness (QED) is 0.707. The summed E-state index contributed by atoms with van der Waals surface area (Å²) in [7, 11) is 0. The van der Waals surface area contributed by atoms with E-state index in [1.807, 2.05) is 18.2 Å². The zero-order valence-corrected chi connectivity index (χ0v) is 10.9. The van der Waals surface area contributed by atoms with Crippen molar-refractivity contribution in [2.24, 2.45) is 5.73 Å². The van der Waals surface area contributed by atoms with Crippen molar-refractivity contribution >= 4 is 0 Å². The molecule has 4 N–H and O–H groups in total. The van der Waals surface area contributed by atoms with Crippen molar-refractivity contribution in [3.05, 3.63) is 23.8 Å². The van der Waals surface area contributed by atoms with Crippen molar-refractivity contribution in [1.82, 2.24) is 11.0 Å². The van der Waals surface area contributed by atoms with Crippen LogP contribution in [0.5, 0.6) is 11.5 Å². The highest BCUT2D eigenvalue weighted by molar-refractivity contribution is 5.44. The fourth-order valence-electron chi connectivity index (χ4n) is 2.23. The van der Waals surface area contributed by atoms with E-state index in [0.29, 0.717) is 11.8 Å². The van der Waals surface area contributed by atoms with Crippen LogP contribution in [0.15, 0.2) is 18.2 Å². The van der Waals surface area contributed by atoms with Gasteiger partial charge in [-0.05, 0) is 44.0 Å². The average Bonchev–Trinajstić information content (AvgIpc) is 2.76. The van der Waals surface area contributed by atoms with Crippen LogP contribution in [0.4, 0.5) is 0 Å². The van der Waals surface area contributed by atoms with Gasteiger partial charge < -0.3 is 20.7 Å². The molecule has 0 bridgehead atoms. The standard InChI is InChI=1S/C13H21N3O2/c1-3-15-9(2)6-11(14)7-10-4-5-12-13(8-10)18-16-17-12/h4-5,8-9,11,15-16H,3,6-7,14H2,1-2H3. The molecular weight excluding hydrogens is 230 g/mol. The van der Waals surface area contributed by atoms with E-state index < -0.39 is 0 Å². The van der Waals surface area contributed by atoms with Gasteiger partial charge in [0.25, 0.3) is 0 Å². The maximum Gasteiger partial charge on any atom is 0.196 e. The topological polar surface area (TPSA) is 68.5 Å². The van der Waals surface area contributed by atoms with Gasteiger partial charge in [-0.1, -0.05) is 13.0 Å². The van der Waals surface area contributed by atoms with Gasteiger partial charge in [0.1, 0.15) is 0 Å². The molecule has 1 heterocycles. The van der Waals surface area contributed by atoms with Crippen LogP contribution >= 0.6 is 0 Å². The van der Waals surface area contributed by atoms with Gasteiger partial charge in [-0.3, -0.25) is 0 Å². The van der Waals surface area contributed by atoms with Crippen LogP contribution in [-0.4, -0.2) is 18.6 Å². The molecule has 0 aromatic heterocycles. The molecule has 0 spiro atoms. The third kappa shape index (κ3) is 3.35. The Labute approximate surface area is 108 Å². The zero-order valence-electron chi connectivity index (χ0n) is 10.9. The second-order valence-electron chi connectivity index (χ2n) is 4.73. The van der Waals surface area contributed by atoms with Gasteiger partial charge in [0.05, 0.1) is 0 Å². The zero-order chi connectivity index (χ0) is 13.0. The summed E-state index contributed by atoms with van der Waals surface area (Å²) in [6, 6.07) is 6.47. The maximum absolute atomic E-state index is 6.15. The van der Waals surface area contributed by atoms with Crippen molar-refractivity contribution in [2.75, 3.05) is 6.54 Å². The summed E-state index contributed by atoms with van der Waals surface area (Å²) in [5, 5.41) is 3.37. The Kier molecular flexibility index (Phi) is 4.41. The van der Waals surface area contributed by atoms with E-state index in [9.17, 15) is 0 Å². The summed E-state index contributed by atoms with van der Waals surface area (Å²) in [6.07, 6.45) is 1.80. The van der Waals surface area contributed by atoms with Gasteiger partial charge in [0.15, 0.2) is 11.5 Å². The van der Waals surface area contributed by atoms with E-state index in [0.717, 1.165) is 30.7 Å². The van der Waals surface area contributed by atoms with Crippen LogP contribution in [0.3, 0.4) is 0 Å². The van der Waals surface area contributed by atoms with Gasteiger partial charge in [0.2, 0.25) is 0 Å². The number of hydrogen-bond acceptors (Lipinski definition) is 5. The van der Waals surface area contributed by atoms with Gasteiger partial charge >= 0.3 is 0 Å². The molecule has 100 valence electrons. The predicted molar refractivity (Wildman–Crippen MR) is 70.3 cm³/mol. The first-order chi connectivity index (χ1) is 8.69. The Balaban J connectivity index is 1.89. The lowest BCUT2D eigenvalue weighted by Gasteiger charge is -2.18. The number of hydrogen-bond donors (Lipinski definition) is 3. The van der Waals surface area contributed by atoms with Gasteiger partial charge in [-0.15, -0.1) is 0 Å². The first kappa shape index (κ1) is 13.1. The molecule has 18 heavy (non-hydrogen) atoms. The minimum absolute atomic E-state index is 0.146. The summed E-state index contributed by atoms with van der Waals surface area (Å²) in [5.74, 6) is 1.44. The van der Waals surface area contributed by atoms with Crippen molar-refractivity contribution in [3.8, 4) is 11.5 Å². The Morgan fingerprint density at radius 1 is 1.33 bits per heavy atom. The average molecular weight is 251 g/mol. The summed E-state index contributed by atoms with van der Waals surface area (Å²) in [5.41, 5.74) is 9.69. The van der Waals surface area contributed by atoms with Gasteiger partial charge in [-0.25, -0.2) is 0 Å². The molecule has 0 saturated carbocycles. The maximum atomic E-state index is 6.15. The highest BCUT2D eigenvalue weighted by atomic mass is 16.9. The monoisotopic (exact) mass is 251 g/mol. The number of rotatable bonds is 6. The third-order valence-electron chi connectivity index (χ3n) is 3.02. The van der Waals surface area contributed by atoms with Crippen molar-refractivity contribution in [3.63, 3.8) is 0 Å². The molecule has 0 fully saturated rings. The number of nitrogens with one attached hydrogen (secondary N) is 2. The van der Waals surface area contributed by atoms with Crippen molar-refractivity contribution in [2.45, 2.75) is 38.8 Å². The molecule has 1 aliphatic heterocycles. The fourth-order valence-corrected chi connectivity index (χ4v) is 2.23. The van der Waals surface area contributed by atoms with E-state index in [-0.39, 0.29) is 6.04 Å². The van der Waals surface area contributed by atoms with Crippen molar-refractivity contribution < 1.29 is 9.68 Å². The van der Waals surface area contributed by atoms with Gasteiger partial charge in [0, 0.05) is 17.7 Å². The van der Waals surface area contributed by atoms with E-state index in [4.69, 9.17) is 15.4 Å². The smallest absolute Gasteiger partial charge is 0.196 e. The minimum Gasteiger partial charge on any atom is -0.370 e. The van der Waals surface area contributed by atoms with Crippen LogP contribution in [0.1, 0.15) is 25.8 Å². The van der Waals surface area contributed by atoms with Crippen LogP contribution < -0.4 is 26.4 Å². The highest BCUT2D eigenvalue weighted by Gasteiger charge is 2.15. The van der Waals surface area contributed by atoms with E-state index in [1.54, 1.807) is 0 Å². The molecule has 5 nitrogen and oxygen atoms in total. The Bertz CT molecular complexity index is 398. The molecule has 5 heteroatoms. The molecule has 0 radical (unpaired) electrons. The highest BCUT2D eigenvalue weighted by Crippen LogP contribution is 2.31. The summed E-state index contributed by atoms with van der Waals surface area (Å²) < 4.78 is 0. The second kappa shape index (κ2) is 6.04. The molecule has 1 aromatic rings. The first-order valence-electron chi connectivity index (χ1n) is 6.39. The van der Waals surface area contributed by atoms with Crippen LogP contribution in [0.25, 0.3) is 0 Å². The molecule has 2 rings (SSSR count). The normalized spacial score (nSPS) is 16.6. The molecular formula is C13H21N3O2. The predicted octanol–water partition coefficient (Wildman–Crippen LogP) is 1.14. The summed E-state index contributed by atoms with van der Waals surface area (Å²) in [6.45, 7) is 5.24. The Hall–Kier alpha value is -1.30. The lowest BCUT2D eigenvalue weighted by atomic mass is 10.0. The third-order valence-corrected chi connectivity index (χ3v) is 3.02. The number of nitrogens with two attached hydrogens (primary N) is 1. The fraction of sp³-hybridized carbons (Fsp3) is 0.538. The summed E-state index contributed by atoms with van der Waals surface area (Å²) >= 11 is 0. The SMILES string of the molecule is CCNC(C)CC(N)Cc1ccc2c(c1)ONO2. The molecule has 1 aromatic carbocycles. The number of benzene rings is 1. The minimum atomic E-state index is 0.146. The Morgan fingerprint density at radius 3 is 2.89 bits per heavy atom. The van der Waals surface area contributed by atoms with Crippen LogP contribution in [0.2, 0.25) is 0 Å². The van der Waals surface area contributed by atoms with E-state index in [1.165, 1.54) is 0 Å². The lowest BCUT2D eigenvalue weighted by Crippen LogP contribution is -2.34. The van der Waals surface area contributed by atoms with Gasteiger partial charge in [-0.2, -0.15) is 0 Å². The first-order valence-corrected chi connectivity index (χ1v) is 6.39. The van der Waals surface area contributed by atoms with Crippen LogP contribution in [-0.2, 0) is 6.42 Å². The van der Waals surface area contributed by atoms with Crippen LogP contribution in [0, 0.1) is 0 Å². The largest absolute Gasteiger partial charge is 0.370 e. The van der Waals surface area contributed by atoms with Crippen molar-refractivity contribution in [1.29, 1.82) is 0 Å². The van der Waals surface area contributed by atoms with E-state index in [2.05, 4.69) is 24.8 Å².